The maximum absolute atomic E-state index is 13.2. The highest BCUT2D eigenvalue weighted by Crippen LogP contribution is 2.47. The Balaban J connectivity index is 1.80. The summed E-state index contributed by atoms with van der Waals surface area (Å²) in [6, 6.07) is 11.3. The highest BCUT2D eigenvalue weighted by atomic mass is 79.9. The fourth-order valence-corrected chi connectivity index (χ4v) is 4.37. The summed E-state index contributed by atoms with van der Waals surface area (Å²) in [5.41, 5.74) is 7.93. The van der Waals surface area contributed by atoms with Crippen molar-refractivity contribution in [1.82, 2.24) is 0 Å². The molecule has 2 aliphatic rings. The van der Waals surface area contributed by atoms with Crippen LogP contribution in [0.15, 0.2) is 69.7 Å². The second-order valence-electron chi connectivity index (χ2n) is 7.52. The van der Waals surface area contributed by atoms with Gasteiger partial charge in [0.25, 0.3) is 0 Å². The molecule has 0 bridgehead atoms. The molecule has 0 spiro atoms. The highest BCUT2D eigenvalue weighted by molar-refractivity contribution is 9.10. The monoisotopic (exact) mass is 501 g/mol. The third kappa shape index (κ3) is 4.27. The van der Waals surface area contributed by atoms with E-state index in [-0.39, 0.29) is 29.7 Å². The zero-order chi connectivity index (χ0) is 22.8. The van der Waals surface area contributed by atoms with Crippen molar-refractivity contribution < 1.29 is 28.2 Å². The van der Waals surface area contributed by atoms with Crippen molar-refractivity contribution >= 4 is 27.7 Å². The van der Waals surface area contributed by atoms with Crippen LogP contribution >= 0.6 is 15.9 Å². The fourth-order valence-electron chi connectivity index (χ4n) is 3.99. The molecule has 2 N–H and O–H groups in total. The first-order chi connectivity index (χ1) is 15.4. The highest BCUT2D eigenvalue weighted by Gasteiger charge is 2.42. The number of carbonyl (C=O) groups is 2. The Bertz CT molecular complexity index is 1140. The topological polar surface area (TPSA) is 87.9 Å². The minimum Gasteiger partial charge on any atom is -0.489 e. The van der Waals surface area contributed by atoms with Crippen LogP contribution in [-0.4, -0.2) is 18.9 Å². The van der Waals surface area contributed by atoms with Gasteiger partial charge >= 0.3 is 5.97 Å². The van der Waals surface area contributed by atoms with E-state index in [4.69, 9.17) is 19.9 Å². The van der Waals surface area contributed by atoms with Gasteiger partial charge in [0, 0.05) is 28.5 Å². The molecule has 4 rings (SSSR count). The lowest BCUT2D eigenvalue weighted by Crippen LogP contribution is -2.31. The summed E-state index contributed by atoms with van der Waals surface area (Å²) < 4.78 is 30.7. The van der Waals surface area contributed by atoms with Crippen LogP contribution in [0.1, 0.15) is 36.3 Å². The molecule has 0 radical (unpaired) electrons. The second-order valence-corrected chi connectivity index (χ2v) is 8.43. The van der Waals surface area contributed by atoms with E-state index in [2.05, 4.69) is 15.9 Å². The maximum Gasteiger partial charge on any atom is 0.340 e. The Morgan fingerprint density at radius 1 is 1.22 bits per heavy atom. The number of nitrogens with two attached hydrogens (primary N) is 1. The summed E-state index contributed by atoms with van der Waals surface area (Å²) in [4.78, 5) is 25.6. The van der Waals surface area contributed by atoms with Gasteiger partial charge in [0.2, 0.25) is 5.88 Å². The Kier molecular flexibility index (Phi) is 6.32. The number of rotatable bonds is 5. The number of methoxy groups -OCH3 is 1. The average molecular weight is 502 g/mol. The van der Waals surface area contributed by atoms with E-state index >= 15 is 0 Å². The van der Waals surface area contributed by atoms with Gasteiger partial charge in [-0.1, -0.05) is 28.1 Å². The lowest BCUT2D eigenvalue weighted by Gasteiger charge is -2.33. The summed E-state index contributed by atoms with van der Waals surface area (Å²) in [6.45, 7) is 0.171. The molecule has 2 aromatic rings. The zero-order valence-electron chi connectivity index (χ0n) is 17.3. The molecule has 0 aromatic heterocycles. The Labute approximate surface area is 193 Å². The molecule has 1 heterocycles. The number of hydrogen-bond acceptors (Lipinski definition) is 6. The lowest BCUT2D eigenvalue weighted by molar-refractivity contribution is -0.136. The number of benzene rings is 2. The van der Waals surface area contributed by atoms with Gasteiger partial charge in [-0.2, -0.15) is 0 Å². The molecule has 0 fully saturated rings. The minimum atomic E-state index is -0.792. The molecule has 166 valence electrons. The number of esters is 1. The molecular weight excluding hydrogens is 481 g/mol. The van der Waals surface area contributed by atoms with Gasteiger partial charge in [-0.3, -0.25) is 4.79 Å². The SMILES string of the molecule is COC(=O)C1=C(N)OC2=C(C(=O)CCC2)[C@H]1c1cc(Br)ccc1OCc1ccc(F)cc1. The lowest BCUT2D eigenvalue weighted by atomic mass is 9.77. The quantitative estimate of drug-likeness (QED) is 0.600. The number of ketones is 1. The summed E-state index contributed by atoms with van der Waals surface area (Å²) in [5.74, 6) is -1.06. The molecule has 0 saturated carbocycles. The number of halogens is 2. The van der Waals surface area contributed by atoms with Crippen LogP contribution in [-0.2, 0) is 25.7 Å². The number of allylic oxidation sites excluding steroid dienone is 2. The largest absolute Gasteiger partial charge is 0.489 e. The first kappa shape index (κ1) is 22.1. The number of carbonyl (C=O) groups excluding carboxylic acids is 2. The summed E-state index contributed by atoms with van der Waals surface area (Å²) >= 11 is 3.47. The van der Waals surface area contributed by atoms with Gasteiger partial charge in [0.1, 0.15) is 29.5 Å². The standard InChI is InChI=1S/C24H21BrFNO5/c1-30-24(29)22-20(21-17(28)3-2-4-19(21)32-23(22)27)16-11-14(25)7-10-18(16)31-12-13-5-8-15(26)9-6-13/h5-11,20H,2-4,12,27H2,1H3/t20-/m1/s1. The van der Waals surface area contributed by atoms with E-state index < -0.39 is 11.9 Å². The predicted molar refractivity (Wildman–Crippen MR) is 118 cm³/mol. The smallest absolute Gasteiger partial charge is 0.340 e. The Morgan fingerprint density at radius 2 is 1.97 bits per heavy atom. The third-order valence-corrected chi connectivity index (χ3v) is 5.97. The molecule has 6 nitrogen and oxygen atoms in total. The molecule has 1 atom stereocenters. The van der Waals surface area contributed by atoms with Crippen LogP contribution in [0.2, 0.25) is 0 Å². The summed E-state index contributed by atoms with van der Waals surface area (Å²) in [5, 5.41) is 0. The van der Waals surface area contributed by atoms with Crippen LogP contribution in [0, 0.1) is 5.82 Å². The second kappa shape index (κ2) is 9.16. The van der Waals surface area contributed by atoms with Gasteiger partial charge in [0.15, 0.2) is 5.78 Å². The van der Waals surface area contributed by atoms with Gasteiger partial charge in [-0.25, -0.2) is 9.18 Å². The fraction of sp³-hybridized carbons (Fsp3) is 0.250. The summed E-state index contributed by atoms with van der Waals surface area (Å²) in [7, 11) is 1.25. The van der Waals surface area contributed by atoms with Crippen molar-refractivity contribution in [3.8, 4) is 5.75 Å². The molecule has 1 aliphatic heterocycles. The van der Waals surface area contributed by atoms with Crippen molar-refractivity contribution in [1.29, 1.82) is 0 Å². The van der Waals surface area contributed by atoms with Crippen molar-refractivity contribution in [3.05, 3.63) is 86.7 Å². The first-order valence-corrected chi connectivity index (χ1v) is 10.9. The predicted octanol–water partition coefficient (Wildman–Crippen LogP) is 4.63. The molecule has 0 amide bonds. The average Bonchev–Trinajstić information content (AvgIpc) is 2.78. The van der Waals surface area contributed by atoms with Gasteiger partial charge < -0.3 is 19.9 Å². The van der Waals surface area contributed by atoms with Crippen LogP contribution in [0.5, 0.6) is 5.75 Å². The molecular formula is C24H21BrFNO5. The van der Waals surface area contributed by atoms with Crippen molar-refractivity contribution in [2.24, 2.45) is 5.73 Å². The molecule has 1 aliphatic carbocycles. The van der Waals surface area contributed by atoms with Gasteiger partial charge in [-0.05, 0) is 42.3 Å². The third-order valence-electron chi connectivity index (χ3n) is 5.48. The Morgan fingerprint density at radius 3 is 2.69 bits per heavy atom. The van der Waals surface area contributed by atoms with E-state index in [0.29, 0.717) is 41.9 Å². The van der Waals surface area contributed by atoms with Crippen molar-refractivity contribution in [2.75, 3.05) is 7.11 Å². The number of Topliss-reactive ketones (excluding diaryl/α,β-unsaturated/α-hetero) is 1. The Hall–Kier alpha value is -3.13. The van der Waals surface area contributed by atoms with E-state index in [9.17, 15) is 14.0 Å². The molecule has 32 heavy (non-hydrogen) atoms. The maximum atomic E-state index is 13.2. The molecule has 0 saturated heterocycles. The van der Waals surface area contributed by atoms with E-state index in [1.807, 2.05) is 0 Å². The molecule has 2 aromatic carbocycles. The van der Waals surface area contributed by atoms with Crippen molar-refractivity contribution in [3.63, 3.8) is 0 Å². The number of ether oxygens (including phenoxy) is 3. The minimum absolute atomic E-state index is 0.0613. The summed E-state index contributed by atoms with van der Waals surface area (Å²) in [6.07, 6.45) is 1.55. The first-order valence-electron chi connectivity index (χ1n) is 10.1. The van der Waals surface area contributed by atoms with Crippen LogP contribution in [0.25, 0.3) is 0 Å². The zero-order valence-corrected chi connectivity index (χ0v) is 18.9. The molecule has 0 unspecified atom stereocenters. The van der Waals surface area contributed by atoms with Gasteiger partial charge in [0.05, 0.1) is 13.0 Å². The van der Waals surface area contributed by atoms with Gasteiger partial charge in [-0.15, -0.1) is 0 Å². The van der Waals surface area contributed by atoms with E-state index in [0.717, 1.165) is 10.0 Å². The normalized spacial score (nSPS) is 18.2. The molecule has 8 heteroatoms. The number of hydrogen-bond donors (Lipinski definition) is 1. The van der Waals surface area contributed by atoms with E-state index in [1.165, 1.54) is 19.2 Å². The van der Waals surface area contributed by atoms with Crippen molar-refractivity contribution in [2.45, 2.75) is 31.8 Å². The van der Waals surface area contributed by atoms with Crippen LogP contribution < -0.4 is 10.5 Å². The van der Waals surface area contributed by atoms with E-state index in [1.54, 1.807) is 30.3 Å². The van der Waals surface area contributed by atoms with Crippen LogP contribution in [0.4, 0.5) is 4.39 Å². The van der Waals surface area contributed by atoms with Crippen LogP contribution in [0.3, 0.4) is 0 Å².